The number of halogens is 1. The molecule has 1 saturated carbocycles. The Bertz CT molecular complexity index is 957. The molecule has 1 saturated heterocycles. The molecule has 1 aliphatic heterocycles. The Hall–Kier alpha value is -2.19. The van der Waals surface area contributed by atoms with E-state index < -0.39 is 29.9 Å². The van der Waals surface area contributed by atoms with Gasteiger partial charge in [0.15, 0.2) is 6.10 Å². The Balaban J connectivity index is 1.44. The predicted octanol–water partition coefficient (Wildman–Crippen LogP) is 3.76. The fourth-order valence-electron chi connectivity index (χ4n) is 4.15. The average Bonchev–Trinajstić information content (AvgIpc) is 2.86. The molecule has 2 heterocycles. The van der Waals surface area contributed by atoms with Gasteiger partial charge in [0.05, 0.1) is 11.1 Å². The first-order valence-electron chi connectivity index (χ1n) is 9.50. The van der Waals surface area contributed by atoms with E-state index in [2.05, 4.69) is 20.9 Å². The molecular weight excluding hydrogens is 442 g/mol. The molecule has 1 aliphatic carbocycles. The van der Waals surface area contributed by atoms with Crippen LogP contribution >= 0.6 is 15.9 Å². The highest BCUT2D eigenvalue weighted by Crippen LogP contribution is 2.51. The molecule has 1 spiro atoms. The Morgan fingerprint density at radius 2 is 1.90 bits per heavy atom. The van der Waals surface area contributed by atoms with Crippen molar-refractivity contribution in [3.8, 4) is 5.75 Å². The molecule has 1 aromatic carbocycles. The minimum Gasteiger partial charge on any atom is -0.490 e. The van der Waals surface area contributed by atoms with Crippen LogP contribution in [-0.2, 0) is 23.8 Å². The average molecular weight is 464 g/mol. The van der Waals surface area contributed by atoms with Crippen LogP contribution in [0.3, 0.4) is 0 Å². The molecule has 0 N–H and O–H groups in total. The minimum absolute atomic E-state index is 0.0422. The first-order valence-corrected chi connectivity index (χ1v) is 10.3. The van der Waals surface area contributed by atoms with Gasteiger partial charge in [0.25, 0.3) is 0 Å². The van der Waals surface area contributed by atoms with Gasteiger partial charge in [-0.3, -0.25) is 14.6 Å². The van der Waals surface area contributed by atoms with Crippen LogP contribution in [0.5, 0.6) is 5.75 Å². The monoisotopic (exact) mass is 463 g/mol. The van der Waals surface area contributed by atoms with Gasteiger partial charge < -0.3 is 18.9 Å². The molecule has 0 amide bonds. The van der Waals surface area contributed by atoms with E-state index in [0.717, 1.165) is 21.1 Å². The van der Waals surface area contributed by atoms with E-state index in [-0.39, 0.29) is 12.0 Å². The number of nitrogens with zero attached hydrogens (tertiary/aromatic N) is 1. The van der Waals surface area contributed by atoms with E-state index in [9.17, 15) is 9.59 Å². The summed E-state index contributed by atoms with van der Waals surface area (Å²) in [5.41, 5.74) is 0.320. The van der Waals surface area contributed by atoms with Crippen LogP contribution in [0.2, 0.25) is 0 Å². The van der Waals surface area contributed by atoms with Gasteiger partial charge in [-0.05, 0) is 34.1 Å². The number of esters is 2. The number of carbonyl (C=O) groups excluding carboxylic acids is 2. The lowest BCUT2D eigenvalue weighted by Crippen LogP contribution is -2.54. The molecule has 8 heteroatoms. The molecule has 3 atom stereocenters. The van der Waals surface area contributed by atoms with Gasteiger partial charge in [-0.25, -0.2) is 0 Å². The third-order valence-electron chi connectivity index (χ3n) is 5.60. The maximum absolute atomic E-state index is 11.5. The van der Waals surface area contributed by atoms with E-state index in [1.165, 1.54) is 13.8 Å². The van der Waals surface area contributed by atoms with Gasteiger partial charge in [0.2, 0.25) is 6.29 Å². The van der Waals surface area contributed by atoms with Crippen molar-refractivity contribution in [1.82, 2.24) is 4.98 Å². The summed E-state index contributed by atoms with van der Waals surface area (Å²) in [5.74, 6) is -0.280. The highest BCUT2D eigenvalue weighted by molar-refractivity contribution is 9.10. The SMILES string of the molecule is CC(=O)OC1O[C@]2(C[C@H](Oc3ccc4cc(Br)cnc4c3)C2)[C@@H](C)C1OC(C)=O. The van der Waals surface area contributed by atoms with Crippen LogP contribution in [0, 0.1) is 5.92 Å². The molecule has 29 heavy (non-hydrogen) atoms. The molecule has 2 aromatic rings. The molecule has 154 valence electrons. The summed E-state index contributed by atoms with van der Waals surface area (Å²) in [6.45, 7) is 4.59. The normalized spacial score (nSPS) is 30.8. The van der Waals surface area contributed by atoms with E-state index in [0.29, 0.717) is 12.8 Å². The third kappa shape index (κ3) is 3.96. The number of hydrogen-bond acceptors (Lipinski definition) is 7. The van der Waals surface area contributed by atoms with Crippen molar-refractivity contribution in [1.29, 1.82) is 0 Å². The van der Waals surface area contributed by atoms with Crippen molar-refractivity contribution in [3.63, 3.8) is 0 Å². The highest BCUT2D eigenvalue weighted by atomic mass is 79.9. The minimum atomic E-state index is -0.893. The molecule has 4 rings (SSSR count). The van der Waals surface area contributed by atoms with Crippen molar-refractivity contribution in [2.45, 2.75) is 57.7 Å². The van der Waals surface area contributed by atoms with Crippen LogP contribution in [0.4, 0.5) is 0 Å². The van der Waals surface area contributed by atoms with Gasteiger partial charge in [0.1, 0.15) is 11.9 Å². The second-order valence-corrected chi connectivity index (χ2v) is 8.59. The lowest BCUT2D eigenvalue weighted by atomic mass is 9.69. The van der Waals surface area contributed by atoms with Crippen molar-refractivity contribution < 1.29 is 28.5 Å². The van der Waals surface area contributed by atoms with Crippen LogP contribution in [0.15, 0.2) is 34.9 Å². The number of aromatic nitrogens is 1. The van der Waals surface area contributed by atoms with Crippen LogP contribution in [0.25, 0.3) is 10.9 Å². The summed E-state index contributed by atoms with van der Waals surface area (Å²) < 4.78 is 23.7. The van der Waals surface area contributed by atoms with Gasteiger partial charge in [-0.15, -0.1) is 0 Å². The van der Waals surface area contributed by atoms with E-state index in [1.807, 2.05) is 31.2 Å². The molecule has 2 unspecified atom stereocenters. The Morgan fingerprint density at radius 3 is 2.59 bits per heavy atom. The molecule has 2 aliphatic rings. The zero-order chi connectivity index (χ0) is 20.8. The maximum atomic E-state index is 11.5. The first kappa shape index (κ1) is 20.1. The van der Waals surface area contributed by atoms with E-state index in [1.54, 1.807) is 6.20 Å². The third-order valence-corrected chi connectivity index (χ3v) is 6.03. The zero-order valence-electron chi connectivity index (χ0n) is 16.4. The van der Waals surface area contributed by atoms with Gasteiger partial charge in [-0.1, -0.05) is 6.92 Å². The number of benzene rings is 1. The quantitative estimate of drug-likeness (QED) is 0.637. The van der Waals surface area contributed by atoms with E-state index >= 15 is 0 Å². The van der Waals surface area contributed by atoms with Crippen molar-refractivity contribution >= 4 is 38.8 Å². The summed E-state index contributed by atoms with van der Waals surface area (Å²) in [4.78, 5) is 27.3. The summed E-state index contributed by atoms with van der Waals surface area (Å²) >= 11 is 3.42. The number of ether oxygens (including phenoxy) is 4. The van der Waals surface area contributed by atoms with Crippen LogP contribution in [-0.4, -0.2) is 41.0 Å². The lowest BCUT2D eigenvalue weighted by Gasteiger charge is -2.46. The van der Waals surface area contributed by atoms with Crippen molar-refractivity contribution in [2.24, 2.45) is 5.92 Å². The Labute approximate surface area is 176 Å². The molecule has 0 radical (unpaired) electrons. The summed E-state index contributed by atoms with van der Waals surface area (Å²) in [7, 11) is 0. The van der Waals surface area contributed by atoms with Crippen LogP contribution in [0.1, 0.15) is 33.6 Å². The summed E-state index contributed by atoms with van der Waals surface area (Å²) in [5, 5.41) is 1.03. The number of carbonyl (C=O) groups is 2. The molecule has 7 nitrogen and oxygen atoms in total. The summed E-state index contributed by atoms with van der Waals surface area (Å²) in [6, 6.07) is 7.81. The second-order valence-electron chi connectivity index (χ2n) is 7.68. The fraction of sp³-hybridized carbons (Fsp3) is 0.476. The molecule has 0 bridgehead atoms. The second kappa shape index (κ2) is 7.57. The summed E-state index contributed by atoms with van der Waals surface area (Å²) in [6.07, 6.45) is 1.43. The maximum Gasteiger partial charge on any atom is 0.305 e. The van der Waals surface area contributed by atoms with Crippen LogP contribution < -0.4 is 4.74 Å². The number of hydrogen-bond donors (Lipinski definition) is 0. The lowest BCUT2D eigenvalue weighted by molar-refractivity contribution is -0.224. The first-order chi connectivity index (χ1) is 13.8. The molecule has 1 aromatic heterocycles. The topological polar surface area (TPSA) is 84.0 Å². The molecule has 2 fully saturated rings. The predicted molar refractivity (Wildman–Crippen MR) is 107 cm³/mol. The van der Waals surface area contributed by atoms with Crippen molar-refractivity contribution in [3.05, 3.63) is 34.9 Å². The van der Waals surface area contributed by atoms with Gasteiger partial charge >= 0.3 is 11.9 Å². The largest absolute Gasteiger partial charge is 0.490 e. The highest BCUT2D eigenvalue weighted by Gasteiger charge is 2.62. The van der Waals surface area contributed by atoms with Gasteiger partial charge in [-0.2, -0.15) is 0 Å². The fourth-order valence-corrected chi connectivity index (χ4v) is 4.50. The molecular formula is C21H22BrNO6. The zero-order valence-corrected chi connectivity index (χ0v) is 18.0. The smallest absolute Gasteiger partial charge is 0.305 e. The van der Waals surface area contributed by atoms with E-state index in [4.69, 9.17) is 18.9 Å². The number of pyridine rings is 1. The number of fused-ring (bicyclic) bond motifs is 1. The standard InChI is InChI=1S/C21H22BrNO6/c1-11-19(26-12(2)24)20(27-13(3)25)29-21(11)8-17(9-21)28-16-5-4-14-6-15(22)10-23-18(14)7-16/h4-7,10-11,17,19-20H,8-9H2,1-3H3/t11-,17-,19?,20?,21-/m0/s1. The van der Waals surface area contributed by atoms with Gasteiger partial charge in [0, 0.05) is 54.7 Å². The number of rotatable bonds is 4. The Kier molecular flexibility index (Phi) is 5.25. The van der Waals surface area contributed by atoms with Crippen molar-refractivity contribution in [2.75, 3.05) is 0 Å². The Morgan fingerprint density at radius 1 is 1.17 bits per heavy atom.